The van der Waals surface area contributed by atoms with Crippen molar-refractivity contribution >= 4 is 40.4 Å². The van der Waals surface area contributed by atoms with E-state index in [9.17, 15) is 14.7 Å². The van der Waals surface area contributed by atoms with E-state index in [-0.39, 0.29) is 16.9 Å². The maximum absolute atomic E-state index is 13.0. The van der Waals surface area contributed by atoms with Gasteiger partial charge in [0.1, 0.15) is 11.5 Å². The summed E-state index contributed by atoms with van der Waals surface area (Å²) in [5.41, 5.74) is 0.343. The molecule has 1 aliphatic heterocycles. The number of ketones is 1. The third-order valence-electron chi connectivity index (χ3n) is 5.32. The largest absolute Gasteiger partial charge is 0.507 e. The topological polar surface area (TPSA) is 70.1 Å². The zero-order valence-corrected chi connectivity index (χ0v) is 18.8. The summed E-state index contributed by atoms with van der Waals surface area (Å²) in [6, 6.07) is 7.87. The lowest BCUT2D eigenvalue weighted by Crippen LogP contribution is -2.37. The summed E-state index contributed by atoms with van der Waals surface area (Å²) in [4.78, 5) is 30.5. The van der Waals surface area contributed by atoms with Crippen LogP contribution in [-0.4, -0.2) is 59.9 Å². The zero-order chi connectivity index (χ0) is 21.8. The predicted molar refractivity (Wildman–Crippen MR) is 119 cm³/mol. The average molecular weight is 449 g/mol. The molecule has 0 aliphatic carbocycles. The maximum atomic E-state index is 13.0. The summed E-state index contributed by atoms with van der Waals surface area (Å²) in [5, 5.41) is 13.4. The number of likely N-dealkylation sites (tertiary alicyclic amines) is 1. The minimum atomic E-state index is -0.701. The Morgan fingerprint density at radius 2 is 2.00 bits per heavy atom. The number of methoxy groups -OCH3 is 1. The number of carbonyl (C=O) groups excluding carboxylic acids is 2. The molecular formula is C22H25ClN2O4S. The number of thiophene rings is 1. The Bertz CT molecular complexity index is 954. The zero-order valence-electron chi connectivity index (χ0n) is 17.2. The summed E-state index contributed by atoms with van der Waals surface area (Å²) in [6.45, 7) is 6.84. The molecule has 3 rings (SSSR count). The van der Waals surface area contributed by atoms with Crippen molar-refractivity contribution in [1.29, 1.82) is 0 Å². The molecule has 160 valence electrons. The number of nitrogens with zero attached hydrogens (tertiary/aromatic N) is 2. The second kappa shape index (κ2) is 9.64. The van der Waals surface area contributed by atoms with Crippen LogP contribution in [-0.2, 0) is 9.59 Å². The van der Waals surface area contributed by atoms with Gasteiger partial charge in [-0.15, -0.1) is 11.3 Å². The maximum Gasteiger partial charge on any atom is 0.295 e. The van der Waals surface area contributed by atoms with Crippen molar-refractivity contribution in [3.8, 4) is 5.75 Å². The quantitative estimate of drug-likeness (QED) is 0.373. The fraction of sp³-hybridized carbons (Fsp3) is 0.364. The number of likely N-dealkylation sites (N-methyl/N-ethyl adjacent to an activating group) is 1. The van der Waals surface area contributed by atoms with Gasteiger partial charge >= 0.3 is 0 Å². The molecule has 1 unspecified atom stereocenters. The number of aliphatic hydroxyl groups is 1. The van der Waals surface area contributed by atoms with Crippen LogP contribution < -0.4 is 4.74 Å². The predicted octanol–water partition coefficient (Wildman–Crippen LogP) is 4.17. The molecule has 2 heterocycles. The highest BCUT2D eigenvalue weighted by Crippen LogP contribution is 2.42. The van der Waals surface area contributed by atoms with E-state index in [0.717, 1.165) is 18.0 Å². The van der Waals surface area contributed by atoms with Crippen molar-refractivity contribution in [2.45, 2.75) is 19.9 Å². The lowest BCUT2D eigenvalue weighted by molar-refractivity contribution is -0.140. The highest BCUT2D eigenvalue weighted by atomic mass is 35.5. The third kappa shape index (κ3) is 4.24. The van der Waals surface area contributed by atoms with Crippen molar-refractivity contribution in [2.75, 3.05) is 33.3 Å². The fourth-order valence-corrected chi connectivity index (χ4v) is 4.67. The van der Waals surface area contributed by atoms with Crippen molar-refractivity contribution in [2.24, 2.45) is 0 Å². The molecule has 1 aromatic heterocycles. The van der Waals surface area contributed by atoms with Crippen LogP contribution >= 0.6 is 22.9 Å². The SMILES string of the molecule is CCN(CC)CCN1C(=O)C(=O)/C(=C(\O)c2cc(Cl)ccc2OC)C1c1cccs1. The molecule has 1 aliphatic rings. The lowest BCUT2D eigenvalue weighted by Gasteiger charge is -2.27. The van der Waals surface area contributed by atoms with Gasteiger partial charge in [-0.05, 0) is 42.7 Å². The van der Waals surface area contributed by atoms with Gasteiger partial charge in [0.15, 0.2) is 0 Å². The lowest BCUT2D eigenvalue weighted by atomic mass is 9.99. The van der Waals surface area contributed by atoms with E-state index in [1.165, 1.54) is 24.5 Å². The Morgan fingerprint density at radius 3 is 2.60 bits per heavy atom. The van der Waals surface area contributed by atoms with Gasteiger partial charge < -0.3 is 19.6 Å². The molecule has 6 nitrogen and oxygen atoms in total. The summed E-state index contributed by atoms with van der Waals surface area (Å²) in [7, 11) is 1.47. The van der Waals surface area contributed by atoms with E-state index in [1.807, 2.05) is 17.5 Å². The van der Waals surface area contributed by atoms with Gasteiger partial charge in [-0.25, -0.2) is 0 Å². The van der Waals surface area contributed by atoms with Crippen molar-refractivity contribution in [3.05, 3.63) is 56.7 Å². The number of carbonyl (C=O) groups is 2. The number of hydrogen-bond acceptors (Lipinski definition) is 6. The van der Waals surface area contributed by atoms with Crippen LogP contribution in [0.25, 0.3) is 5.76 Å². The summed E-state index contributed by atoms with van der Waals surface area (Å²) < 4.78 is 5.34. The molecule has 0 saturated carbocycles. The number of aliphatic hydroxyl groups excluding tert-OH is 1. The molecule has 1 saturated heterocycles. The molecule has 1 N–H and O–H groups in total. The van der Waals surface area contributed by atoms with E-state index in [4.69, 9.17) is 16.3 Å². The van der Waals surface area contributed by atoms with Crippen molar-refractivity contribution in [3.63, 3.8) is 0 Å². The fourth-order valence-electron chi connectivity index (χ4n) is 3.65. The molecule has 8 heteroatoms. The van der Waals surface area contributed by atoms with E-state index < -0.39 is 17.7 Å². The Labute approximate surface area is 185 Å². The van der Waals surface area contributed by atoms with E-state index in [1.54, 1.807) is 17.0 Å². The molecule has 0 bridgehead atoms. The first-order valence-electron chi connectivity index (χ1n) is 9.80. The van der Waals surface area contributed by atoms with Gasteiger partial charge in [-0.3, -0.25) is 9.59 Å². The molecular weight excluding hydrogens is 424 g/mol. The third-order valence-corrected chi connectivity index (χ3v) is 6.48. The van der Waals surface area contributed by atoms with Gasteiger partial charge in [-0.1, -0.05) is 31.5 Å². The number of ether oxygens (including phenoxy) is 1. The second-order valence-corrected chi connectivity index (χ2v) is 8.30. The van der Waals surface area contributed by atoms with Crippen molar-refractivity contribution in [1.82, 2.24) is 9.80 Å². The molecule has 1 fully saturated rings. The van der Waals surface area contributed by atoms with Crippen LogP contribution in [0.2, 0.25) is 5.02 Å². The monoisotopic (exact) mass is 448 g/mol. The minimum absolute atomic E-state index is 0.0579. The number of Topliss-reactive ketones (excluding diaryl/α,β-unsaturated/α-hetero) is 1. The highest BCUT2D eigenvalue weighted by Gasteiger charge is 2.46. The summed E-state index contributed by atoms with van der Waals surface area (Å²) >= 11 is 7.56. The number of amides is 1. The Kier molecular flexibility index (Phi) is 7.18. The first kappa shape index (κ1) is 22.3. The smallest absolute Gasteiger partial charge is 0.295 e. The van der Waals surface area contributed by atoms with Gasteiger partial charge in [0.2, 0.25) is 0 Å². The number of hydrogen-bond donors (Lipinski definition) is 1. The van der Waals surface area contributed by atoms with Crippen LogP contribution in [0.3, 0.4) is 0 Å². The van der Waals surface area contributed by atoms with Crippen LogP contribution in [0.5, 0.6) is 5.75 Å². The normalized spacial score (nSPS) is 18.4. The van der Waals surface area contributed by atoms with Gasteiger partial charge in [0, 0.05) is 23.0 Å². The number of rotatable bonds is 8. The molecule has 1 aromatic carbocycles. The minimum Gasteiger partial charge on any atom is -0.507 e. The van der Waals surface area contributed by atoms with E-state index in [0.29, 0.717) is 23.9 Å². The van der Waals surface area contributed by atoms with Crippen LogP contribution in [0.1, 0.15) is 30.3 Å². The summed E-state index contributed by atoms with van der Waals surface area (Å²) in [6.07, 6.45) is 0. The molecule has 0 spiro atoms. The molecule has 0 radical (unpaired) electrons. The Hall–Kier alpha value is -2.35. The second-order valence-electron chi connectivity index (χ2n) is 6.88. The number of benzene rings is 1. The molecule has 1 amide bonds. The summed E-state index contributed by atoms with van der Waals surface area (Å²) in [5.74, 6) is -1.22. The first-order valence-corrected chi connectivity index (χ1v) is 11.1. The molecule has 2 aromatic rings. The molecule has 30 heavy (non-hydrogen) atoms. The molecule has 1 atom stereocenters. The van der Waals surface area contributed by atoms with Crippen LogP contribution in [0.15, 0.2) is 41.3 Å². The van der Waals surface area contributed by atoms with Gasteiger partial charge in [0.05, 0.1) is 24.3 Å². The first-order chi connectivity index (χ1) is 14.4. The van der Waals surface area contributed by atoms with Gasteiger partial charge in [-0.2, -0.15) is 0 Å². The van der Waals surface area contributed by atoms with E-state index >= 15 is 0 Å². The average Bonchev–Trinajstić information content (AvgIpc) is 3.36. The standard InChI is InChI=1S/C22H25ClN2O4S/c1-4-24(5-2)10-11-25-19(17-7-6-12-30-17)18(21(27)22(25)28)20(26)15-13-14(23)8-9-16(15)29-3/h6-9,12-13,19,26H,4-5,10-11H2,1-3H3/b20-18-. The Balaban J connectivity index is 2.11. The Morgan fingerprint density at radius 1 is 1.27 bits per heavy atom. The van der Waals surface area contributed by atoms with Gasteiger partial charge in [0.25, 0.3) is 11.7 Å². The van der Waals surface area contributed by atoms with E-state index in [2.05, 4.69) is 18.7 Å². The van der Waals surface area contributed by atoms with Crippen LogP contribution in [0, 0.1) is 0 Å². The highest BCUT2D eigenvalue weighted by molar-refractivity contribution is 7.10. The van der Waals surface area contributed by atoms with Crippen molar-refractivity contribution < 1.29 is 19.4 Å². The number of halogens is 1. The van der Waals surface area contributed by atoms with Crippen LogP contribution in [0.4, 0.5) is 0 Å².